The van der Waals surface area contributed by atoms with Crippen LogP contribution in [0.15, 0.2) is 18.2 Å². The first-order chi connectivity index (χ1) is 11.0. The maximum atomic E-state index is 12.2. The van der Waals surface area contributed by atoms with Gasteiger partial charge >= 0.3 is 0 Å². The number of amides is 2. The van der Waals surface area contributed by atoms with E-state index in [1.807, 2.05) is 32.0 Å². The van der Waals surface area contributed by atoms with Gasteiger partial charge in [-0.3, -0.25) is 9.59 Å². The molecule has 0 aromatic heterocycles. The molecule has 0 unspecified atom stereocenters. The van der Waals surface area contributed by atoms with Crippen molar-refractivity contribution in [3.8, 4) is 0 Å². The van der Waals surface area contributed by atoms with Crippen molar-refractivity contribution in [1.82, 2.24) is 5.32 Å². The molecule has 0 bridgehead atoms. The first-order valence-electron chi connectivity index (χ1n) is 8.62. The van der Waals surface area contributed by atoms with Crippen LogP contribution in [0.1, 0.15) is 56.6 Å². The number of rotatable bonds is 5. The quantitative estimate of drug-likeness (QED) is 0.904. The van der Waals surface area contributed by atoms with Crippen molar-refractivity contribution in [2.24, 2.45) is 0 Å². The van der Waals surface area contributed by atoms with Crippen molar-refractivity contribution in [2.75, 3.05) is 11.4 Å². The average molecular weight is 316 g/mol. The summed E-state index contributed by atoms with van der Waals surface area (Å²) in [6.07, 6.45) is 6.19. The molecule has 2 amide bonds. The van der Waals surface area contributed by atoms with Crippen LogP contribution in [-0.4, -0.2) is 24.4 Å². The van der Waals surface area contributed by atoms with Gasteiger partial charge in [0.2, 0.25) is 11.8 Å². The zero-order valence-corrected chi connectivity index (χ0v) is 14.5. The molecule has 1 aliphatic rings. The van der Waals surface area contributed by atoms with Gasteiger partial charge in [0, 0.05) is 31.6 Å². The fraction of sp³-hybridized carbons (Fsp3) is 0.579. The molecular formula is C19H28N2O2. The van der Waals surface area contributed by atoms with E-state index in [9.17, 15) is 9.59 Å². The third-order valence-electron chi connectivity index (χ3n) is 4.78. The highest BCUT2D eigenvalue weighted by Crippen LogP contribution is 2.23. The van der Waals surface area contributed by atoms with Gasteiger partial charge in [-0.25, -0.2) is 0 Å². The Kier molecular flexibility index (Phi) is 6.20. The fourth-order valence-corrected chi connectivity index (χ4v) is 3.24. The molecule has 1 fully saturated rings. The van der Waals surface area contributed by atoms with Crippen molar-refractivity contribution >= 4 is 17.5 Å². The summed E-state index contributed by atoms with van der Waals surface area (Å²) >= 11 is 0. The molecule has 0 heterocycles. The Balaban J connectivity index is 1.96. The smallest absolute Gasteiger partial charge is 0.223 e. The summed E-state index contributed by atoms with van der Waals surface area (Å²) < 4.78 is 0. The highest BCUT2D eigenvalue weighted by atomic mass is 16.2. The van der Waals surface area contributed by atoms with E-state index >= 15 is 0 Å². The first-order valence-corrected chi connectivity index (χ1v) is 8.62. The van der Waals surface area contributed by atoms with E-state index in [1.54, 1.807) is 11.8 Å². The number of hydrogen-bond acceptors (Lipinski definition) is 2. The highest BCUT2D eigenvalue weighted by molar-refractivity contribution is 5.93. The Labute approximate surface area is 139 Å². The van der Waals surface area contributed by atoms with Crippen LogP contribution in [0.25, 0.3) is 0 Å². The molecule has 4 heteroatoms. The summed E-state index contributed by atoms with van der Waals surface area (Å²) in [6.45, 7) is 6.04. The van der Waals surface area contributed by atoms with Gasteiger partial charge in [-0.05, 0) is 43.9 Å². The Morgan fingerprint density at radius 2 is 1.87 bits per heavy atom. The Hall–Kier alpha value is -1.84. The van der Waals surface area contributed by atoms with Crippen molar-refractivity contribution in [1.29, 1.82) is 0 Å². The van der Waals surface area contributed by atoms with Crippen LogP contribution >= 0.6 is 0 Å². The third-order valence-corrected chi connectivity index (χ3v) is 4.78. The Morgan fingerprint density at radius 1 is 1.17 bits per heavy atom. The molecule has 0 radical (unpaired) electrons. The van der Waals surface area contributed by atoms with Crippen LogP contribution in [0.2, 0.25) is 0 Å². The van der Waals surface area contributed by atoms with Crippen molar-refractivity contribution in [2.45, 2.75) is 65.3 Å². The summed E-state index contributed by atoms with van der Waals surface area (Å²) in [6, 6.07) is 6.26. The lowest BCUT2D eigenvalue weighted by Gasteiger charge is -2.25. The minimum absolute atomic E-state index is 0.0239. The Morgan fingerprint density at radius 3 is 2.52 bits per heavy atom. The van der Waals surface area contributed by atoms with Gasteiger partial charge in [0.05, 0.1) is 0 Å². The second-order valence-electron chi connectivity index (χ2n) is 6.54. The van der Waals surface area contributed by atoms with Crippen LogP contribution in [0, 0.1) is 13.8 Å². The normalized spacial score (nSPS) is 15.3. The summed E-state index contributed by atoms with van der Waals surface area (Å²) in [7, 11) is 0. The SMILES string of the molecule is CC(=O)N(CCC(=O)NC1CCCCC1)c1cccc(C)c1C. The standard InChI is InChI=1S/C19H28N2O2/c1-14-8-7-11-18(15(14)2)21(16(3)22)13-12-19(23)20-17-9-5-4-6-10-17/h7-8,11,17H,4-6,9-10,12-13H2,1-3H3,(H,20,23). The van der Waals surface area contributed by atoms with Crippen LogP contribution in [0.4, 0.5) is 5.69 Å². The molecule has 23 heavy (non-hydrogen) atoms. The molecule has 0 atom stereocenters. The number of benzene rings is 1. The molecule has 0 aliphatic heterocycles. The zero-order chi connectivity index (χ0) is 16.8. The molecule has 1 aliphatic carbocycles. The van der Waals surface area contributed by atoms with Gasteiger partial charge < -0.3 is 10.2 Å². The lowest BCUT2D eigenvalue weighted by atomic mass is 9.95. The molecule has 4 nitrogen and oxygen atoms in total. The molecule has 126 valence electrons. The van der Waals surface area contributed by atoms with Gasteiger partial charge in [-0.15, -0.1) is 0 Å². The van der Waals surface area contributed by atoms with E-state index < -0.39 is 0 Å². The van der Waals surface area contributed by atoms with Crippen molar-refractivity contribution < 1.29 is 9.59 Å². The van der Waals surface area contributed by atoms with E-state index in [4.69, 9.17) is 0 Å². The summed E-state index contributed by atoms with van der Waals surface area (Å²) in [5, 5.41) is 3.11. The third kappa shape index (κ3) is 4.81. The van der Waals surface area contributed by atoms with Crippen LogP contribution in [0.3, 0.4) is 0 Å². The van der Waals surface area contributed by atoms with Crippen molar-refractivity contribution in [3.05, 3.63) is 29.3 Å². The first kappa shape index (κ1) is 17.5. The average Bonchev–Trinajstić information content (AvgIpc) is 2.52. The molecule has 0 saturated heterocycles. The van der Waals surface area contributed by atoms with E-state index in [-0.39, 0.29) is 11.8 Å². The number of carbonyl (C=O) groups is 2. The number of anilines is 1. The van der Waals surface area contributed by atoms with Crippen LogP contribution in [-0.2, 0) is 9.59 Å². The minimum Gasteiger partial charge on any atom is -0.353 e. The van der Waals surface area contributed by atoms with Gasteiger partial charge in [0.25, 0.3) is 0 Å². The highest BCUT2D eigenvalue weighted by Gasteiger charge is 2.18. The molecule has 1 saturated carbocycles. The molecule has 1 aromatic carbocycles. The predicted molar refractivity (Wildman–Crippen MR) is 93.6 cm³/mol. The molecular weight excluding hydrogens is 288 g/mol. The van der Waals surface area contributed by atoms with Crippen LogP contribution in [0.5, 0.6) is 0 Å². The maximum absolute atomic E-state index is 12.2. The number of aryl methyl sites for hydroxylation is 1. The second kappa shape index (κ2) is 8.14. The molecule has 2 rings (SSSR count). The second-order valence-corrected chi connectivity index (χ2v) is 6.54. The summed E-state index contributed by atoms with van der Waals surface area (Å²) in [4.78, 5) is 25.9. The number of carbonyl (C=O) groups excluding carboxylic acids is 2. The molecule has 1 aromatic rings. The van der Waals surface area contributed by atoms with Crippen LogP contribution < -0.4 is 10.2 Å². The molecule has 1 N–H and O–H groups in total. The monoisotopic (exact) mass is 316 g/mol. The summed E-state index contributed by atoms with van der Waals surface area (Å²) in [5.41, 5.74) is 3.15. The van der Waals surface area contributed by atoms with E-state index in [2.05, 4.69) is 5.32 Å². The van der Waals surface area contributed by atoms with E-state index in [0.29, 0.717) is 19.0 Å². The predicted octanol–water partition coefficient (Wildman–Crippen LogP) is 3.50. The summed E-state index contributed by atoms with van der Waals surface area (Å²) in [5.74, 6) is 0.0256. The van der Waals surface area contributed by atoms with E-state index in [0.717, 1.165) is 29.7 Å². The number of nitrogens with one attached hydrogen (secondary N) is 1. The largest absolute Gasteiger partial charge is 0.353 e. The van der Waals surface area contributed by atoms with Gasteiger partial charge in [0.1, 0.15) is 0 Å². The Bertz CT molecular complexity index is 562. The lowest BCUT2D eigenvalue weighted by molar-refractivity contribution is -0.121. The number of nitrogens with zero attached hydrogens (tertiary/aromatic N) is 1. The zero-order valence-electron chi connectivity index (χ0n) is 14.5. The van der Waals surface area contributed by atoms with Gasteiger partial charge in [-0.2, -0.15) is 0 Å². The molecule has 0 spiro atoms. The van der Waals surface area contributed by atoms with Crippen molar-refractivity contribution in [3.63, 3.8) is 0 Å². The fourth-order valence-electron chi connectivity index (χ4n) is 3.24. The lowest BCUT2D eigenvalue weighted by Crippen LogP contribution is -2.39. The maximum Gasteiger partial charge on any atom is 0.223 e. The number of hydrogen-bond donors (Lipinski definition) is 1. The van der Waals surface area contributed by atoms with E-state index in [1.165, 1.54) is 19.3 Å². The van der Waals surface area contributed by atoms with Gasteiger partial charge in [0.15, 0.2) is 0 Å². The van der Waals surface area contributed by atoms with Gasteiger partial charge in [-0.1, -0.05) is 31.4 Å². The topological polar surface area (TPSA) is 49.4 Å². The minimum atomic E-state index is -0.0239.